The fraction of sp³-hybridized carbons (Fsp3) is 1.00. The van der Waals surface area contributed by atoms with E-state index in [9.17, 15) is 0 Å². The van der Waals surface area contributed by atoms with Crippen molar-refractivity contribution in [2.45, 2.75) is 47.1 Å². The maximum absolute atomic E-state index is 2.64. The van der Waals surface area contributed by atoms with E-state index in [0.717, 1.165) is 17.9 Å². The molecule has 0 heterocycles. The number of nitrogens with zero attached hydrogens (tertiary/aromatic N) is 1. The third-order valence-electron chi connectivity index (χ3n) is 2.55. The molecule has 0 radical (unpaired) electrons. The van der Waals surface area contributed by atoms with Crippen LogP contribution >= 0.6 is 11.8 Å². The molecule has 0 saturated heterocycles. The van der Waals surface area contributed by atoms with E-state index < -0.39 is 0 Å². The first-order chi connectivity index (χ1) is 6.52. The van der Waals surface area contributed by atoms with E-state index in [1.165, 1.54) is 18.8 Å². The Morgan fingerprint density at radius 3 is 2.00 bits per heavy atom. The van der Waals surface area contributed by atoms with Crippen LogP contribution in [0, 0.1) is 11.8 Å². The molecule has 0 aliphatic carbocycles. The Hall–Kier alpha value is 0.310. The monoisotopic (exact) mass is 217 g/mol. The van der Waals surface area contributed by atoms with Gasteiger partial charge in [-0.2, -0.15) is 0 Å². The number of rotatable bonds is 7. The summed E-state index contributed by atoms with van der Waals surface area (Å²) in [5, 5.41) is 0. The van der Waals surface area contributed by atoms with Gasteiger partial charge >= 0.3 is 0 Å². The molecule has 0 N–H and O–H groups in total. The van der Waals surface area contributed by atoms with Gasteiger partial charge in [-0.25, -0.2) is 0 Å². The molecule has 0 fully saturated rings. The largest absolute Gasteiger partial charge is 0.291 e. The molecule has 0 aromatic rings. The molecule has 86 valence electrons. The van der Waals surface area contributed by atoms with Gasteiger partial charge in [-0.15, -0.1) is 11.8 Å². The van der Waals surface area contributed by atoms with E-state index in [1.54, 1.807) is 0 Å². The predicted molar refractivity (Wildman–Crippen MR) is 68.8 cm³/mol. The molecule has 1 nitrogen and oxygen atoms in total. The lowest BCUT2D eigenvalue weighted by Gasteiger charge is -2.34. The van der Waals surface area contributed by atoms with Gasteiger partial charge in [0.2, 0.25) is 0 Å². The maximum Gasteiger partial charge on any atom is 0.0444 e. The standard InChI is InChI=1S/C12H27NS/c1-7-12(11(4)5)13(9-14-6)8-10(2)3/h10-12H,7-9H2,1-6H3. The summed E-state index contributed by atoms with van der Waals surface area (Å²) in [6, 6.07) is 0.754. The minimum Gasteiger partial charge on any atom is -0.291 e. The van der Waals surface area contributed by atoms with Gasteiger partial charge in [0.25, 0.3) is 0 Å². The van der Waals surface area contributed by atoms with Crippen LogP contribution in [0.25, 0.3) is 0 Å². The van der Waals surface area contributed by atoms with Crippen LogP contribution in [0.3, 0.4) is 0 Å². The number of thioether (sulfide) groups is 1. The maximum atomic E-state index is 2.64. The van der Waals surface area contributed by atoms with Gasteiger partial charge in [-0.3, -0.25) is 4.90 Å². The van der Waals surface area contributed by atoms with Crippen LogP contribution in [0.5, 0.6) is 0 Å². The van der Waals surface area contributed by atoms with Crippen LogP contribution in [-0.4, -0.2) is 29.6 Å². The summed E-state index contributed by atoms with van der Waals surface area (Å²) in [4.78, 5) is 2.64. The van der Waals surface area contributed by atoms with Crippen LogP contribution < -0.4 is 0 Å². The molecule has 0 aromatic heterocycles. The Kier molecular flexibility index (Phi) is 7.75. The van der Waals surface area contributed by atoms with Crippen molar-refractivity contribution >= 4 is 11.8 Å². The molecular formula is C12H27NS. The average molecular weight is 217 g/mol. The van der Waals surface area contributed by atoms with E-state index in [-0.39, 0.29) is 0 Å². The van der Waals surface area contributed by atoms with Gasteiger partial charge in [-0.1, -0.05) is 34.6 Å². The fourth-order valence-corrected chi connectivity index (χ4v) is 2.70. The fourth-order valence-electron chi connectivity index (χ4n) is 2.07. The topological polar surface area (TPSA) is 3.24 Å². The zero-order valence-electron chi connectivity index (χ0n) is 10.7. The van der Waals surface area contributed by atoms with E-state index >= 15 is 0 Å². The Morgan fingerprint density at radius 2 is 1.71 bits per heavy atom. The molecule has 0 aliphatic rings. The van der Waals surface area contributed by atoms with Crippen molar-refractivity contribution in [3.63, 3.8) is 0 Å². The third kappa shape index (κ3) is 5.26. The van der Waals surface area contributed by atoms with Crippen LogP contribution in [0.1, 0.15) is 41.0 Å². The molecule has 0 saturated carbocycles. The lowest BCUT2D eigenvalue weighted by Crippen LogP contribution is -2.40. The smallest absolute Gasteiger partial charge is 0.0444 e. The second kappa shape index (κ2) is 7.58. The molecule has 0 bridgehead atoms. The summed E-state index contributed by atoms with van der Waals surface area (Å²) < 4.78 is 0. The first kappa shape index (κ1) is 14.3. The zero-order chi connectivity index (χ0) is 11.1. The molecule has 1 atom stereocenters. The lowest BCUT2D eigenvalue weighted by atomic mass is 9.99. The van der Waals surface area contributed by atoms with Gasteiger partial charge < -0.3 is 0 Å². The molecule has 2 heteroatoms. The van der Waals surface area contributed by atoms with Crippen LogP contribution in [0.4, 0.5) is 0 Å². The zero-order valence-corrected chi connectivity index (χ0v) is 11.5. The highest BCUT2D eigenvalue weighted by atomic mass is 32.2. The third-order valence-corrected chi connectivity index (χ3v) is 3.14. The van der Waals surface area contributed by atoms with E-state index in [2.05, 4.69) is 45.8 Å². The van der Waals surface area contributed by atoms with Gasteiger partial charge in [0, 0.05) is 18.5 Å². The summed E-state index contributed by atoms with van der Waals surface area (Å²) in [6.07, 6.45) is 3.46. The van der Waals surface area contributed by atoms with Crippen molar-refractivity contribution in [1.82, 2.24) is 4.90 Å². The summed E-state index contributed by atoms with van der Waals surface area (Å²) in [6.45, 7) is 12.8. The highest BCUT2D eigenvalue weighted by Gasteiger charge is 2.19. The van der Waals surface area contributed by atoms with E-state index in [1.807, 2.05) is 11.8 Å². The molecule has 0 rings (SSSR count). The Bertz CT molecular complexity index is 134. The van der Waals surface area contributed by atoms with Crippen molar-refractivity contribution in [2.24, 2.45) is 11.8 Å². The van der Waals surface area contributed by atoms with E-state index in [4.69, 9.17) is 0 Å². The average Bonchev–Trinajstić information content (AvgIpc) is 2.03. The van der Waals surface area contributed by atoms with Crippen molar-refractivity contribution in [2.75, 3.05) is 18.7 Å². The summed E-state index contributed by atoms with van der Waals surface area (Å²) >= 11 is 1.94. The molecule has 0 aliphatic heterocycles. The quantitative estimate of drug-likeness (QED) is 0.598. The molecule has 1 unspecified atom stereocenters. The molecule has 0 spiro atoms. The van der Waals surface area contributed by atoms with Crippen molar-refractivity contribution in [1.29, 1.82) is 0 Å². The number of hydrogen-bond donors (Lipinski definition) is 0. The Balaban J connectivity index is 4.27. The first-order valence-electron chi connectivity index (χ1n) is 5.75. The minimum atomic E-state index is 0.754. The molecule has 0 aromatic carbocycles. The highest BCUT2D eigenvalue weighted by molar-refractivity contribution is 7.98. The normalized spacial score (nSPS) is 14.4. The minimum absolute atomic E-state index is 0.754. The summed E-state index contributed by atoms with van der Waals surface area (Å²) in [5.74, 6) is 2.72. The second-order valence-electron chi connectivity index (χ2n) is 4.80. The predicted octanol–water partition coefficient (Wildman–Crippen LogP) is 3.70. The molecular weight excluding hydrogens is 190 g/mol. The Morgan fingerprint density at radius 1 is 1.14 bits per heavy atom. The summed E-state index contributed by atoms with van der Waals surface area (Å²) in [7, 11) is 0. The van der Waals surface area contributed by atoms with Gasteiger partial charge in [0.1, 0.15) is 0 Å². The number of hydrogen-bond acceptors (Lipinski definition) is 2. The van der Waals surface area contributed by atoms with Crippen molar-refractivity contribution < 1.29 is 0 Å². The van der Waals surface area contributed by atoms with Gasteiger partial charge in [0.15, 0.2) is 0 Å². The van der Waals surface area contributed by atoms with Crippen LogP contribution in [0.2, 0.25) is 0 Å². The van der Waals surface area contributed by atoms with Gasteiger partial charge in [0.05, 0.1) is 0 Å². The van der Waals surface area contributed by atoms with Crippen molar-refractivity contribution in [3.8, 4) is 0 Å². The Labute approximate surface area is 94.6 Å². The molecule has 14 heavy (non-hydrogen) atoms. The molecule has 0 amide bonds. The lowest BCUT2D eigenvalue weighted by molar-refractivity contribution is 0.160. The van der Waals surface area contributed by atoms with Gasteiger partial charge in [-0.05, 0) is 24.5 Å². The summed E-state index contributed by atoms with van der Waals surface area (Å²) in [5.41, 5.74) is 0. The first-order valence-corrected chi connectivity index (χ1v) is 7.15. The van der Waals surface area contributed by atoms with Crippen LogP contribution in [-0.2, 0) is 0 Å². The highest BCUT2D eigenvalue weighted by Crippen LogP contribution is 2.18. The van der Waals surface area contributed by atoms with Crippen LogP contribution in [0.15, 0.2) is 0 Å². The SMILES string of the molecule is CCC(C(C)C)N(CSC)CC(C)C. The second-order valence-corrected chi connectivity index (χ2v) is 5.64. The van der Waals surface area contributed by atoms with Crippen molar-refractivity contribution in [3.05, 3.63) is 0 Å². The van der Waals surface area contributed by atoms with E-state index in [0.29, 0.717) is 0 Å².